The molecule has 1 aromatic carbocycles. The molecule has 0 aliphatic rings. The summed E-state index contributed by atoms with van der Waals surface area (Å²) in [6.45, 7) is 0. The molecule has 3 aromatic rings. The maximum Gasteiger partial charge on any atom is 0.265 e. The molecule has 2 heterocycles. The molecule has 0 unspecified atom stereocenters. The van der Waals surface area contributed by atoms with Crippen LogP contribution in [0.25, 0.3) is 11.3 Å². The van der Waals surface area contributed by atoms with Gasteiger partial charge in [0.2, 0.25) is 0 Å². The summed E-state index contributed by atoms with van der Waals surface area (Å²) in [5, 5.41) is 5.55. The predicted molar refractivity (Wildman–Crippen MR) is 94.8 cm³/mol. The van der Waals surface area contributed by atoms with Gasteiger partial charge in [-0.3, -0.25) is 14.9 Å². The van der Waals surface area contributed by atoms with Gasteiger partial charge in [-0.1, -0.05) is 23.2 Å². The van der Waals surface area contributed by atoms with E-state index in [4.69, 9.17) is 28.9 Å². The summed E-state index contributed by atoms with van der Waals surface area (Å²) >= 11 is 13.1. The molecule has 0 fully saturated rings. The normalized spacial score (nSPS) is 10.6. The zero-order valence-corrected chi connectivity index (χ0v) is 14.3. The Hall–Kier alpha value is -2.35. The third-order valence-electron chi connectivity index (χ3n) is 3.14. The van der Waals surface area contributed by atoms with Crippen molar-refractivity contribution in [2.45, 2.75) is 0 Å². The lowest BCUT2D eigenvalue weighted by Crippen LogP contribution is -2.12. The summed E-state index contributed by atoms with van der Waals surface area (Å²) in [4.78, 5) is 30.4. The van der Waals surface area contributed by atoms with Crippen LogP contribution >= 0.6 is 34.5 Å². The minimum Gasteiger partial charge on any atom is -0.364 e. The Bertz CT molecular complexity index is 935. The van der Waals surface area contributed by atoms with E-state index in [9.17, 15) is 9.59 Å². The molecule has 122 valence electrons. The van der Waals surface area contributed by atoms with Gasteiger partial charge < -0.3 is 10.7 Å². The number of primary amides is 1. The second-order valence-corrected chi connectivity index (χ2v) is 6.48. The van der Waals surface area contributed by atoms with Crippen LogP contribution in [0.15, 0.2) is 35.8 Å². The number of rotatable bonds is 4. The lowest BCUT2D eigenvalue weighted by Gasteiger charge is -2.04. The number of amides is 2. The number of nitrogens with zero attached hydrogens (tertiary/aromatic N) is 1. The first-order chi connectivity index (χ1) is 11.4. The Morgan fingerprint density at radius 1 is 1.25 bits per heavy atom. The average molecular weight is 381 g/mol. The number of benzene rings is 1. The molecule has 0 bridgehead atoms. The van der Waals surface area contributed by atoms with Gasteiger partial charge in [-0.2, -0.15) is 0 Å². The number of aromatic nitrogens is 2. The number of thiazole rings is 1. The molecule has 2 amide bonds. The van der Waals surface area contributed by atoms with Crippen molar-refractivity contribution in [3.05, 3.63) is 57.1 Å². The Labute approximate surface area is 150 Å². The van der Waals surface area contributed by atoms with Gasteiger partial charge >= 0.3 is 0 Å². The van der Waals surface area contributed by atoms with Crippen LogP contribution in [0.1, 0.15) is 20.8 Å². The monoisotopic (exact) mass is 380 g/mol. The summed E-state index contributed by atoms with van der Waals surface area (Å²) in [5.74, 6) is -0.938. The number of carbonyl (C=O) groups excluding carboxylic acids is 2. The first kappa shape index (κ1) is 16.5. The molecule has 24 heavy (non-hydrogen) atoms. The van der Waals surface area contributed by atoms with E-state index in [2.05, 4.69) is 15.3 Å². The highest BCUT2D eigenvalue weighted by Crippen LogP contribution is 2.27. The van der Waals surface area contributed by atoms with E-state index < -0.39 is 5.91 Å². The highest BCUT2D eigenvalue weighted by atomic mass is 35.5. The fraction of sp³-hybridized carbons (Fsp3) is 0. The number of aromatic amines is 1. The van der Waals surface area contributed by atoms with Crippen LogP contribution in [-0.2, 0) is 0 Å². The van der Waals surface area contributed by atoms with Crippen molar-refractivity contribution < 1.29 is 9.59 Å². The van der Waals surface area contributed by atoms with Crippen molar-refractivity contribution in [1.82, 2.24) is 9.97 Å². The molecular formula is C15H10Cl2N4O2S. The van der Waals surface area contributed by atoms with E-state index in [0.29, 0.717) is 27.0 Å². The van der Waals surface area contributed by atoms with Gasteiger partial charge in [-0.25, -0.2) is 4.98 Å². The molecule has 6 nitrogen and oxygen atoms in total. The third-order valence-corrected chi connectivity index (χ3v) is 4.45. The average Bonchev–Trinajstić information content (AvgIpc) is 3.15. The number of hydrogen-bond donors (Lipinski definition) is 3. The summed E-state index contributed by atoms with van der Waals surface area (Å²) in [6, 6.07) is 6.22. The molecule has 0 aliphatic heterocycles. The summed E-state index contributed by atoms with van der Waals surface area (Å²) in [7, 11) is 0. The first-order valence-corrected chi connectivity index (χ1v) is 8.28. The lowest BCUT2D eigenvalue weighted by atomic mass is 10.2. The molecular weight excluding hydrogens is 371 g/mol. The van der Waals surface area contributed by atoms with Crippen molar-refractivity contribution in [1.29, 1.82) is 0 Å². The summed E-state index contributed by atoms with van der Waals surface area (Å²) in [5.41, 5.74) is 7.10. The lowest BCUT2D eigenvalue weighted by molar-refractivity contribution is 0.0994. The second kappa shape index (κ2) is 6.64. The fourth-order valence-corrected chi connectivity index (χ4v) is 3.20. The van der Waals surface area contributed by atoms with Crippen LogP contribution in [0.3, 0.4) is 0 Å². The van der Waals surface area contributed by atoms with Gasteiger partial charge in [0, 0.05) is 22.2 Å². The molecule has 0 atom stereocenters. The summed E-state index contributed by atoms with van der Waals surface area (Å²) < 4.78 is 0. The third kappa shape index (κ3) is 3.43. The van der Waals surface area contributed by atoms with Crippen LogP contribution < -0.4 is 11.1 Å². The van der Waals surface area contributed by atoms with Crippen LogP contribution in [0.5, 0.6) is 0 Å². The number of carbonyl (C=O) groups is 2. The topological polar surface area (TPSA) is 101 Å². The number of nitrogens with one attached hydrogen (secondary N) is 2. The van der Waals surface area contributed by atoms with E-state index in [1.54, 1.807) is 29.8 Å². The molecule has 0 saturated heterocycles. The molecule has 0 spiro atoms. The van der Waals surface area contributed by atoms with Crippen LogP contribution in [0.4, 0.5) is 5.13 Å². The van der Waals surface area contributed by atoms with E-state index in [0.717, 1.165) is 0 Å². The summed E-state index contributed by atoms with van der Waals surface area (Å²) in [6.07, 6.45) is 1.62. The van der Waals surface area contributed by atoms with Gasteiger partial charge in [-0.05, 0) is 24.3 Å². The molecule has 0 radical (unpaired) electrons. The maximum absolute atomic E-state index is 12.2. The largest absolute Gasteiger partial charge is 0.364 e. The van der Waals surface area contributed by atoms with Gasteiger partial charge in [0.15, 0.2) is 5.13 Å². The van der Waals surface area contributed by atoms with E-state index in [1.165, 1.54) is 17.4 Å². The first-order valence-electron chi connectivity index (χ1n) is 6.64. The Balaban J connectivity index is 1.78. The van der Waals surface area contributed by atoms with Gasteiger partial charge in [-0.15, -0.1) is 11.3 Å². The molecule has 0 aliphatic carbocycles. The van der Waals surface area contributed by atoms with Gasteiger partial charge in [0.1, 0.15) is 5.69 Å². The molecule has 9 heteroatoms. The zero-order valence-electron chi connectivity index (χ0n) is 12.0. The molecule has 3 rings (SSSR count). The maximum atomic E-state index is 12.2. The van der Waals surface area contributed by atoms with E-state index in [-0.39, 0.29) is 16.6 Å². The zero-order chi connectivity index (χ0) is 17.3. The van der Waals surface area contributed by atoms with Crippen LogP contribution in [-0.4, -0.2) is 21.8 Å². The van der Waals surface area contributed by atoms with Crippen molar-refractivity contribution in [2.24, 2.45) is 5.73 Å². The highest BCUT2D eigenvalue weighted by Gasteiger charge is 2.14. The number of H-pyrrole nitrogens is 1. The quantitative estimate of drug-likeness (QED) is 0.641. The van der Waals surface area contributed by atoms with E-state index >= 15 is 0 Å². The predicted octanol–water partition coefficient (Wildman–Crippen LogP) is 3.80. The number of nitrogens with two attached hydrogens (primary N) is 1. The van der Waals surface area contributed by atoms with Crippen molar-refractivity contribution in [3.63, 3.8) is 0 Å². The fourth-order valence-electron chi connectivity index (χ4n) is 1.99. The number of halogens is 2. The smallest absolute Gasteiger partial charge is 0.265 e. The Morgan fingerprint density at radius 2 is 2.04 bits per heavy atom. The van der Waals surface area contributed by atoms with Crippen molar-refractivity contribution in [2.75, 3.05) is 5.32 Å². The van der Waals surface area contributed by atoms with Crippen LogP contribution in [0.2, 0.25) is 10.0 Å². The molecule has 0 saturated carbocycles. The Morgan fingerprint density at radius 3 is 2.71 bits per heavy atom. The Kier molecular flexibility index (Phi) is 4.57. The molecule has 4 N–H and O–H groups in total. The SMILES string of the molecule is NC(=O)c1cc(-c2csc(NC(=O)c3ccc(Cl)cc3Cl)n2)c[nH]1. The minimum absolute atomic E-state index is 0.258. The van der Waals surface area contributed by atoms with E-state index in [1.807, 2.05) is 0 Å². The number of anilines is 1. The molecule has 2 aromatic heterocycles. The van der Waals surface area contributed by atoms with Crippen LogP contribution in [0, 0.1) is 0 Å². The van der Waals surface area contributed by atoms with Gasteiger partial charge in [0.05, 0.1) is 16.3 Å². The minimum atomic E-state index is -0.553. The number of hydrogen-bond acceptors (Lipinski definition) is 4. The standard InChI is InChI=1S/C15H10Cl2N4O2S/c16-8-1-2-9(10(17)4-8)14(23)21-15-20-12(6-24-15)7-3-11(13(18)22)19-5-7/h1-6,19H,(H2,18,22)(H,20,21,23). The second-order valence-electron chi connectivity index (χ2n) is 4.78. The van der Waals surface area contributed by atoms with Crippen molar-refractivity contribution >= 4 is 51.5 Å². The van der Waals surface area contributed by atoms with Gasteiger partial charge in [0.25, 0.3) is 11.8 Å². The van der Waals surface area contributed by atoms with Crippen molar-refractivity contribution in [3.8, 4) is 11.3 Å². The highest BCUT2D eigenvalue weighted by molar-refractivity contribution is 7.14.